The van der Waals surface area contributed by atoms with Crippen LogP contribution < -0.4 is 0 Å². The molecule has 1 heteroatoms. The first-order valence-electron chi connectivity index (χ1n) is 6.81. The van der Waals surface area contributed by atoms with E-state index in [1.807, 2.05) is 6.92 Å². The molecule has 0 nitrogen and oxygen atoms in total. The maximum atomic E-state index is 3.36. The molecule has 0 fully saturated rings. The number of allylic oxidation sites excluding steroid dienone is 1. The molecule has 0 aromatic heterocycles. The molecule has 108 valence electrons. The van der Waals surface area contributed by atoms with Gasteiger partial charge < -0.3 is 0 Å². The van der Waals surface area contributed by atoms with Crippen molar-refractivity contribution in [2.75, 3.05) is 6.26 Å². The second kappa shape index (κ2) is 13.5. The van der Waals surface area contributed by atoms with Crippen molar-refractivity contribution in [2.45, 2.75) is 44.9 Å². The summed E-state index contributed by atoms with van der Waals surface area (Å²) < 4.78 is 0. The highest BCUT2D eigenvalue weighted by molar-refractivity contribution is 7.98. The summed E-state index contributed by atoms with van der Waals surface area (Å²) in [6, 6.07) is 8.98. The van der Waals surface area contributed by atoms with Crippen LogP contribution in [0.1, 0.15) is 45.6 Å². The van der Waals surface area contributed by atoms with E-state index >= 15 is 0 Å². The molecule has 0 aliphatic heterocycles. The van der Waals surface area contributed by atoms with E-state index in [0.717, 1.165) is 5.92 Å². The Morgan fingerprint density at radius 2 is 1.58 bits per heavy atom. The predicted octanol–water partition coefficient (Wildman–Crippen LogP) is 6.55. The minimum Gasteiger partial charge on any atom is -0.130 e. The lowest BCUT2D eigenvalue weighted by Crippen LogP contribution is -2.04. The lowest BCUT2D eigenvalue weighted by Gasteiger charge is -2.18. The third-order valence-corrected chi connectivity index (χ3v) is 3.88. The summed E-state index contributed by atoms with van der Waals surface area (Å²) in [5, 5.41) is 0. The van der Waals surface area contributed by atoms with Gasteiger partial charge in [0.2, 0.25) is 0 Å². The maximum absolute atomic E-state index is 3.36. The van der Waals surface area contributed by atoms with E-state index in [-0.39, 0.29) is 0 Å². The van der Waals surface area contributed by atoms with E-state index in [9.17, 15) is 0 Å². The predicted molar refractivity (Wildman–Crippen MR) is 93.2 cm³/mol. The van der Waals surface area contributed by atoms with Crippen LogP contribution in [0.4, 0.5) is 0 Å². The second-order valence-electron chi connectivity index (χ2n) is 4.36. The van der Waals surface area contributed by atoms with Gasteiger partial charge in [0.05, 0.1) is 0 Å². The van der Waals surface area contributed by atoms with Gasteiger partial charge in [0, 0.05) is 4.90 Å². The van der Waals surface area contributed by atoms with Crippen molar-refractivity contribution in [1.29, 1.82) is 0 Å². The zero-order chi connectivity index (χ0) is 15.3. The lowest BCUT2D eigenvalue weighted by molar-refractivity contribution is 0.473. The number of hydrogen-bond donors (Lipinski definition) is 0. The monoisotopic (exact) mass is 278 g/mol. The minimum atomic E-state index is 0.677. The van der Waals surface area contributed by atoms with Gasteiger partial charge in [0.1, 0.15) is 0 Å². The highest BCUT2D eigenvalue weighted by Gasteiger charge is 2.11. The largest absolute Gasteiger partial charge is 0.130 e. The molecule has 1 aromatic carbocycles. The molecule has 19 heavy (non-hydrogen) atoms. The van der Waals surface area contributed by atoms with Gasteiger partial charge in [-0.2, -0.15) is 0 Å². The first-order chi connectivity index (χ1) is 9.10. The van der Waals surface area contributed by atoms with Crippen molar-refractivity contribution in [3.05, 3.63) is 55.6 Å². The average molecular weight is 279 g/mol. The highest BCUT2D eigenvalue weighted by atomic mass is 32.2. The van der Waals surface area contributed by atoms with Gasteiger partial charge >= 0.3 is 0 Å². The molecule has 2 atom stereocenters. The highest BCUT2D eigenvalue weighted by Crippen LogP contribution is 2.27. The van der Waals surface area contributed by atoms with Gasteiger partial charge in [0.15, 0.2) is 0 Å². The molecular weight excluding hydrogens is 248 g/mol. The molecule has 0 N–H and O–H groups in total. The molecule has 0 bridgehead atoms. The van der Waals surface area contributed by atoms with Crippen molar-refractivity contribution < 1.29 is 0 Å². The molecule has 0 saturated carbocycles. The summed E-state index contributed by atoms with van der Waals surface area (Å²) >= 11 is 1.80. The Balaban J connectivity index is 0. The fraction of sp³-hybridized carbons (Fsp3) is 0.444. The summed E-state index contributed by atoms with van der Waals surface area (Å²) in [4.78, 5) is 1.35. The van der Waals surface area contributed by atoms with E-state index in [4.69, 9.17) is 0 Å². The third-order valence-electron chi connectivity index (χ3n) is 3.14. The van der Waals surface area contributed by atoms with Crippen LogP contribution in [-0.2, 0) is 0 Å². The van der Waals surface area contributed by atoms with Crippen LogP contribution >= 0.6 is 11.8 Å². The molecule has 0 aliphatic carbocycles. The smallest absolute Gasteiger partial charge is 0.00693 e. The zero-order valence-electron chi connectivity index (χ0n) is 13.3. The summed E-state index contributed by atoms with van der Waals surface area (Å²) in [5.41, 5.74) is 1.47. The minimum absolute atomic E-state index is 0.677. The van der Waals surface area contributed by atoms with E-state index in [1.54, 1.807) is 17.8 Å². The Labute approximate surface area is 125 Å². The Kier molecular flexibility index (Phi) is 14.5. The van der Waals surface area contributed by atoms with Crippen molar-refractivity contribution in [3.8, 4) is 0 Å². The Bertz CT molecular complexity index is 313. The number of thioether (sulfide) groups is 1. The van der Waals surface area contributed by atoms with Crippen molar-refractivity contribution in [1.82, 2.24) is 0 Å². The molecule has 0 heterocycles. The summed E-state index contributed by atoms with van der Waals surface area (Å²) in [7, 11) is 0. The molecule has 0 radical (unpaired) electrons. The fourth-order valence-electron chi connectivity index (χ4n) is 1.59. The van der Waals surface area contributed by atoms with Gasteiger partial charge in [-0.1, -0.05) is 45.4 Å². The van der Waals surface area contributed by atoms with Crippen molar-refractivity contribution >= 4 is 11.8 Å². The lowest BCUT2D eigenvalue weighted by atomic mass is 9.87. The molecule has 2 unspecified atom stereocenters. The van der Waals surface area contributed by atoms with Gasteiger partial charge in [-0.3, -0.25) is 0 Å². The van der Waals surface area contributed by atoms with E-state index in [1.165, 1.54) is 16.9 Å². The Morgan fingerprint density at radius 1 is 1.16 bits per heavy atom. The van der Waals surface area contributed by atoms with Crippen LogP contribution in [0.3, 0.4) is 0 Å². The van der Waals surface area contributed by atoms with Gasteiger partial charge in [-0.05, 0) is 42.7 Å². The fourth-order valence-corrected chi connectivity index (χ4v) is 2.00. The average Bonchev–Trinajstić information content (AvgIpc) is 2.48. The first kappa shape index (κ1) is 20.4. The number of rotatable bonds is 4. The van der Waals surface area contributed by atoms with Gasteiger partial charge in [0.25, 0.3) is 0 Å². The molecule has 1 aromatic rings. The van der Waals surface area contributed by atoms with Gasteiger partial charge in [-0.25, -0.2) is 0 Å². The van der Waals surface area contributed by atoms with E-state index in [0.29, 0.717) is 5.92 Å². The van der Waals surface area contributed by atoms with Crippen LogP contribution in [0, 0.1) is 5.92 Å². The van der Waals surface area contributed by atoms with Crippen molar-refractivity contribution in [3.63, 3.8) is 0 Å². The molecule has 0 saturated heterocycles. The number of hydrogen-bond acceptors (Lipinski definition) is 1. The van der Waals surface area contributed by atoms with Crippen LogP contribution in [0.25, 0.3) is 0 Å². The van der Waals surface area contributed by atoms with E-state index in [2.05, 4.69) is 71.0 Å². The third kappa shape index (κ3) is 8.72. The maximum Gasteiger partial charge on any atom is 0.00693 e. The second-order valence-corrected chi connectivity index (χ2v) is 5.24. The quantitative estimate of drug-likeness (QED) is 0.444. The normalized spacial score (nSPS) is 12.1. The number of benzene rings is 1. The Hall–Kier alpha value is -0.950. The molecular formula is C18H30S. The molecule has 0 amide bonds. The zero-order valence-corrected chi connectivity index (χ0v) is 14.1. The molecule has 0 spiro atoms. The SMILES string of the molecule is C=C.C=CC.CCC(C)C(C)c1ccc(SC)cc1. The van der Waals surface area contributed by atoms with Crippen LogP contribution in [0.5, 0.6) is 0 Å². The van der Waals surface area contributed by atoms with Crippen LogP contribution in [0.15, 0.2) is 55.0 Å². The Morgan fingerprint density at radius 3 is 1.89 bits per heavy atom. The van der Waals surface area contributed by atoms with Gasteiger partial charge in [-0.15, -0.1) is 31.5 Å². The van der Waals surface area contributed by atoms with E-state index < -0.39 is 0 Å². The standard InChI is InChI=1S/C13H20S.C3H6.C2H4/c1-5-10(2)11(3)12-6-8-13(14-4)9-7-12;1-3-2;1-2/h6-11H,5H2,1-4H3;3H,1H2,2H3;1-2H2. The summed E-state index contributed by atoms with van der Waals surface area (Å²) in [6.07, 6.45) is 5.12. The molecule has 1 rings (SSSR count). The first-order valence-corrected chi connectivity index (χ1v) is 8.04. The topological polar surface area (TPSA) is 0 Å². The van der Waals surface area contributed by atoms with Crippen molar-refractivity contribution in [2.24, 2.45) is 5.92 Å². The summed E-state index contributed by atoms with van der Waals surface area (Å²) in [5.74, 6) is 1.45. The van der Waals surface area contributed by atoms with Crippen LogP contribution in [0.2, 0.25) is 0 Å². The molecule has 0 aliphatic rings. The summed E-state index contributed by atoms with van der Waals surface area (Å²) in [6.45, 7) is 18.2. The van der Waals surface area contributed by atoms with Crippen LogP contribution in [-0.4, -0.2) is 6.26 Å².